The second-order valence-corrected chi connectivity index (χ2v) is 7.36. The van der Waals surface area contributed by atoms with Crippen LogP contribution in [0, 0.1) is 6.92 Å². The lowest BCUT2D eigenvalue weighted by atomic mass is 10.2. The van der Waals surface area contributed by atoms with Crippen LogP contribution in [0.4, 0.5) is 4.79 Å². The number of benzene rings is 2. The molecule has 2 aromatic rings. The average Bonchev–Trinajstić information content (AvgIpc) is 2.65. The molecule has 0 aliphatic rings. The molecule has 0 fully saturated rings. The first kappa shape index (κ1) is 19.5. The highest BCUT2D eigenvalue weighted by atomic mass is 32.2. The molecule has 0 bridgehead atoms. The molecule has 0 unspecified atom stereocenters. The van der Waals surface area contributed by atoms with Gasteiger partial charge in [0.1, 0.15) is 5.75 Å². The van der Waals surface area contributed by atoms with Gasteiger partial charge in [-0.25, -0.2) is 13.2 Å². The SMILES string of the molecule is COC(=O)N(C/C=C/c1ccc(OC)cc1)S(=O)(=O)c1ccc(C)cc1. The van der Waals surface area contributed by atoms with Crippen LogP contribution in [-0.4, -0.2) is 39.6 Å². The Hall–Kier alpha value is -2.80. The minimum atomic E-state index is -4.01. The number of rotatable bonds is 6. The molecule has 7 heteroatoms. The Morgan fingerprint density at radius 3 is 2.19 bits per heavy atom. The minimum absolute atomic E-state index is 0.0337. The van der Waals surface area contributed by atoms with Crippen molar-refractivity contribution in [3.63, 3.8) is 0 Å². The van der Waals surface area contributed by atoms with Gasteiger partial charge in [0, 0.05) is 0 Å². The number of carbonyl (C=O) groups is 1. The zero-order chi connectivity index (χ0) is 19.2. The topological polar surface area (TPSA) is 72.9 Å². The lowest BCUT2D eigenvalue weighted by Gasteiger charge is -2.19. The third-order valence-corrected chi connectivity index (χ3v) is 5.43. The molecule has 138 valence electrons. The number of carbonyl (C=O) groups excluding carboxylic acids is 1. The molecule has 0 aromatic heterocycles. The molecule has 0 atom stereocenters. The van der Waals surface area contributed by atoms with E-state index in [0.717, 1.165) is 24.0 Å². The predicted octanol–water partition coefficient (Wildman–Crippen LogP) is 3.47. The zero-order valence-electron chi connectivity index (χ0n) is 14.9. The van der Waals surface area contributed by atoms with Crippen molar-refractivity contribution in [1.29, 1.82) is 0 Å². The van der Waals surface area contributed by atoms with Crippen LogP contribution < -0.4 is 4.74 Å². The molecule has 0 aliphatic carbocycles. The highest BCUT2D eigenvalue weighted by Gasteiger charge is 2.29. The summed E-state index contributed by atoms with van der Waals surface area (Å²) in [5.74, 6) is 0.722. The second kappa shape index (κ2) is 8.53. The summed E-state index contributed by atoms with van der Waals surface area (Å²) in [6.45, 7) is 1.71. The van der Waals surface area contributed by atoms with Crippen molar-refractivity contribution in [2.75, 3.05) is 20.8 Å². The maximum Gasteiger partial charge on any atom is 0.423 e. The summed E-state index contributed by atoms with van der Waals surface area (Å²) in [4.78, 5) is 12.0. The molecule has 1 amide bonds. The van der Waals surface area contributed by atoms with E-state index in [0.29, 0.717) is 4.31 Å². The van der Waals surface area contributed by atoms with Crippen LogP contribution in [0.1, 0.15) is 11.1 Å². The van der Waals surface area contributed by atoms with Gasteiger partial charge < -0.3 is 9.47 Å². The maximum atomic E-state index is 12.7. The molecule has 0 aliphatic heterocycles. The quantitative estimate of drug-likeness (QED) is 0.773. The Balaban J connectivity index is 2.22. The molecule has 0 spiro atoms. The molecule has 0 heterocycles. The average molecular weight is 375 g/mol. The van der Waals surface area contributed by atoms with Crippen LogP contribution in [0.25, 0.3) is 6.08 Å². The smallest absolute Gasteiger partial charge is 0.423 e. The predicted molar refractivity (Wildman–Crippen MR) is 99.5 cm³/mol. The summed E-state index contributed by atoms with van der Waals surface area (Å²) in [6, 6.07) is 13.5. The highest BCUT2D eigenvalue weighted by molar-refractivity contribution is 7.89. The number of hydrogen-bond acceptors (Lipinski definition) is 5. The van der Waals surface area contributed by atoms with Crippen LogP contribution in [0.15, 0.2) is 59.5 Å². The van der Waals surface area contributed by atoms with Crippen molar-refractivity contribution in [2.45, 2.75) is 11.8 Å². The standard InChI is InChI=1S/C19H21NO5S/c1-15-6-12-18(13-7-15)26(22,23)20(19(21)25-3)14-4-5-16-8-10-17(24-2)11-9-16/h4-13H,14H2,1-3H3/b5-4+. The number of aryl methyl sites for hydroxylation is 1. The van der Waals surface area contributed by atoms with Gasteiger partial charge in [-0.1, -0.05) is 42.0 Å². The number of amides is 1. The third kappa shape index (κ3) is 4.64. The Morgan fingerprint density at radius 2 is 1.65 bits per heavy atom. The van der Waals surface area contributed by atoms with Crippen LogP contribution >= 0.6 is 0 Å². The first-order valence-corrected chi connectivity index (χ1v) is 9.30. The molecule has 26 heavy (non-hydrogen) atoms. The van der Waals surface area contributed by atoms with Crippen molar-refractivity contribution in [3.8, 4) is 5.75 Å². The van der Waals surface area contributed by atoms with E-state index in [1.807, 2.05) is 19.1 Å². The van der Waals surface area contributed by atoms with Crippen LogP contribution in [0.2, 0.25) is 0 Å². The zero-order valence-corrected chi connectivity index (χ0v) is 15.7. The van der Waals surface area contributed by atoms with Crippen LogP contribution in [0.3, 0.4) is 0 Å². The number of hydrogen-bond donors (Lipinski definition) is 0. The van der Waals surface area contributed by atoms with E-state index in [9.17, 15) is 13.2 Å². The minimum Gasteiger partial charge on any atom is -0.497 e. The van der Waals surface area contributed by atoms with E-state index in [1.165, 1.54) is 12.1 Å². The van der Waals surface area contributed by atoms with Gasteiger partial charge in [0.25, 0.3) is 10.0 Å². The molecule has 0 saturated heterocycles. The van der Waals surface area contributed by atoms with Crippen LogP contribution in [-0.2, 0) is 14.8 Å². The highest BCUT2D eigenvalue weighted by Crippen LogP contribution is 2.18. The first-order valence-electron chi connectivity index (χ1n) is 7.86. The number of methoxy groups -OCH3 is 2. The van der Waals surface area contributed by atoms with E-state index in [4.69, 9.17) is 4.74 Å². The summed E-state index contributed by atoms with van der Waals surface area (Å²) in [7, 11) is -1.28. The van der Waals surface area contributed by atoms with Gasteiger partial charge in [-0.15, -0.1) is 0 Å². The lowest BCUT2D eigenvalue weighted by molar-refractivity contribution is 0.151. The van der Waals surface area contributed by atoms with Crippen molar-refractivity contribution in [1.82, 2.24) is 4.31 Å². The van der Waals surface area contributed by atoms with E-state index in [-0.39, 0.29) is 11.4 Å². The maximum absolute atomic E-state index is 12.7. The summed E-state index contributed by atoms with van der Waals surface area (Å²) in [5.41, 5.74) is 1.77. The lowest BCUT2D eigenvalue weighted by Crippen LogP contribution is -2.37. The van der Waals surface area contributed by atoms with E-state index >= 15 is 0 Å². The Bertz CT molecular complexity index is 871. The summed E-state index contributed by atoms with van der Waals surface area (Å²) < 4.78 is 35.9. The fourth-order valence-corrected chi connectivity index (χ4v) is 3.50. The van der Waals surface area contributed by atoms with Crippen molar-refractivity contribution in [2.24, 2.45) is 0 Å². The summed E-state index contributed by atoms with van der Waals surface area (Å²) >= 11 is 0. The van der Waals surface area contributed by atoms with Gasteiger partial charge in [-0.2, -0.15) is 4.31 Å². The molecule has 0 N–H and O–H groups in total. The fraction of sp³-hybridized carbons (Fsp3) is 0.211. The second-order valence-electron chi connectivity index (χ2n) is 5.49. The van der Waals surface area contributed by atoms with E-state index in [1.54, 1.807) is 43.5 Å². The van der Waals surface area contributed by atoms with Crippen molar-refractivity contribution < 1.29 is 22.7 Å². The van der Waals surface area contributed by atoms with Gasteiger partial charge in [0.15, 0.2) is 0 Å². The molecule has 6 nitrogen and oxygen atoms in total. The molecule has 2 aromatic carbocycles. The van der Waals surface area contributed by atoms with E-state index in [2.05, 4.69) is 4.74 Å². The molecule has 2 rings (SSSR count). The first-order chi connectivity index (χ1) is 12.4. The monoisotopic (exact) mass is 375 g/mol. The Labute approximate surface area is 153 Å². The molecular weight excluding hydrogens is 354 g/mol. The number of sulfonamides is 1. The Morgan fingerprint density at radius 1 is 1.04 bits per heavy atom. The van der Waals surface area contributed by atoms with Gasteiger partial charge in [0.2, 0.25) is 0 Å². The fourth-order valence-electron chi connectivity index (χ4n) is 2.21. The van der Waals surface area contributed by atoms with Gasteiger partial charge >= 0.3 is 6.09 Å². The summed E-state index contributed by atoms with van der Waals surface area (Å²) in [5, 5.41) is 0. The largest absolute Gasteiger partial charge is 0.497 e. The molecule has 0 saturated carbocycles. The molecular formula is C19H21NO5S. The van der Waals surface area contributed by atoms with Crippen molar-refractivity contribution in [3.05, 3.63) is 65.7 Å². The number of nitrogens with zero attached hydrogens (tertiary/aromatic N) is 1. The van der Waals surface area contributed by atoms with Gasteiger partial charge in [-0.05, 0) is 36.8 Å². The number of ether oxygens (including phenoxy) is 2. The van der Waals surface area contributed by atoms with Gasteiger partial charge in [-0.3, -0.25) is 0 Å². The Kier molecular flexibility index (Phi) is 6.41. The van der Waals surface area contributed by atoms with Crippen LogP contribution in [0.5, 0.6) is 5.75 Å². The normalized spacial score (nSPS) is 11.3. The van der Waals surface area contributed by atoms with E-state index < -0.39 is 16.1 Å². The third-order valence-electron chi connectivity index (χ3n) is 3.68. The van der Waals surface area contributed by atoms with Gasteiger partial charge in [0.05, 0.1) is 25.7 Å². The summed E-state index contributed by atoms with van der Waals surface area (Å²) in [6.07, 6.45) is 2.37. The molecule has 0 radical (unpaired) electrons. The van der Waals surface area contributed by atoms with Crippen molar-refractivity contribution >= 4 is 22.2 Å².